The molecule has 3 aliphatic rings. The van der Waals surface area contributed by atoms with Gasteiger partial charge >= 0.3 is 12.0 Å². The van der Waals surface area contributed by atoms with Gasteiger partial charge in [-0.2, -0.15) is 0 Å². The van der Waals surface area contributed by atoms with E-state index in [2.05, 4.69) is 10.2 Å². The van der Waals surface area contributed by atoms with Crippen molar-refractivity contribution in [2.75, 3.05) is 26.2 Å². The summed E-state index contributed by atoms with van der Waals surface area (Å²) in [4.78, 5) is 27.5. The maximum Gasteiger partial charge on any atom is 0.317 e. The predicted octanol–water partition coefficient (Wildman–Crippen LogP) is 0.729. The minimum atomic E-state index is -0.812. The van der Waals surface area contributed by atoms with Crippen molar-refractivity contribution >= 4 is 12.0 Å². The quantitative estimate of drug-likeness (QED) is 0.800. The molecule has 112 valence electrons. The molecule has 0 spiro atoms. The second-order valence-electron chi connectivity index (χ2n) is 6.70. The Morgan fingerprint density at radius 3 is 2.60 bits per heavy atom. The lowest BCUT2D eigenvalue weighted by atomic mass is 9.90. The first-order chi connectivity index (χ1) is 9.48. The van der Waals surface area contributed by atoms with E-state index in [4.69, 9.17) is 0 Å². The van der Waals surface area contributed by atoms with Crippen molar-refractivity contribution in [2.45, 2.75) is 44.7 Å². The Labute approximate surface area is 119 Å². The highest BCUT2D eigenvalue weighted by molar-refractivity contribution is 5.79. The fourth-order valence-corrected chi connectivity index (χ4v) is 3.25. The number of rotatable bonds is 3. The summed E-state index contributed by atoms with van der Waals surface area (Å²) in [7, 11) is 0. The van der Waals surface area contributed by atoms with Crippen molar-refractivity contribution in [3.05, 3.63) is 0 Å². The number of carbonyl (C=O) groups is 2. The molecule has 2 heterocycles. The fourth-order valence-electron chi connectivity index (χ4n) is 3.25. The van der Waals surface area contributed by atoms with Gasteiger partial charge in [0.25, 0.3) is 0 Å². The Bertz CT molecular complexity index is 424. The molecule has 20 heavy (non-hydrogen) atoms. The van der Waals surface area contributed by atoms with Gasteiger partial charge in [0.2, 0.25) is 0 Å². The third-order valence-corrected chi connectivity index (χ3v) is 4.89. The third-order valence-electron chi connectivity index (χ3n) is 4.89. The molecule has 3 fully saturated rings. The zero-order valence-corrected chi connectivity index (χ0v) is 12.0. The summed E-state index contributed by atoms with van der Waals surface area (Å²) >= 11 is 0. The highest BCUT2D eigenvalue weighted by atomic mass is 16.4. The SMILES string of the molecule is CC1(C(=O)O)CCN(C(=O)NC2CCN(C3CC3)C2)C1. The largest absolute Gasteiger partial charge is 0.481 e. The number of amides is 2. The van der Waals surface area contributed by atoms with E-state index >= 15 is 0 Å². The number of urea groups is 1. The van der Waals surface area contributed by atoms with Crippen LogP contribution in [0.5, 0.6) is 0 Å². The van der Waals surface area contributed by atoms with Crippen LogP contribution in [-0.2, 0) is 4.79 Å². The van der Waals surface area contributed by atoms with Gasteiger partial charge in [-0.15, -0.1) is 0 Å². The van der Waals surface area contributed by atoms with Crippen molar-refractivity contribution < 1.29 is 14.7 Å². The first-order valence-electron chi connectivity index (χ1n) is 7.51. The zero-order valence-electron chi connectivity index (χ0n) is 12.0. The van der Waals surface area contributed by atoms with Crippen molar-refractivity contribution in [3.63, 3.8) is 0 Å². The van der Waals surface area contributed by atoms with Crippen LogP contribution in [0.1, 0.15) is 32.6 Å². The Balaban J connectivity index is 1.49. The van der Waals surface area contributed by atoms with Crippen LogP contribution in [0.2, 0.25) is 0 Å². The molecule has 2 amide bonds. The maximum absolute atomic E-state index is 12.2. The van der Waals surface area contributed by atoms with Crippen molar-refractivity contribution in [3.8, 4) is 0 Å². The van der Waals surface area contributed by atoms with Gasteiger partial charge in [0.1, 0.15) is 0 Å². The fraction of sp³-hybridized carbons (Fsp3) is 0.857. The van der Waals surface area contributed by atoms with Crippen LogP contribution in [0.3, 0.4) is 0 Å². The first kappa shape index (κ1) is 13.7. The maximum atomic E-state index is 12.2. The molecule has 2 unspecified atom stereocenters. The van der Waals surface area contributed by atoms with Gasteiger partial charge in [-0.05, 0) is 32.6 Å². The Kier molecular flexibility index (Phi) is 3.36. The minimum Gasteiger partial charge on any atom is -0.481 e. The van der Waals surface area contributed by atoms with Crippen molar-refractivity contribution in [2.24, 2.45) is 5.41 Å². The lowest BCUT2D eigenvalue weighted by molar-refractivity contribution is -0.146. The summed E-state index contributed by atoms with van der Waals surface area (Å²) in [5, 5.41) is 12.3. The molecule has 6 nitrogen and oxygen atoms in total. The van der Waals surface area contributed by atoms with E-state index < -0.39 is 11.4 Å². The van der Waals surface area contributed by atoms with Gasteiger partial charge in [-0.3, -0.25) is 9.69 Å². The summed E-state index contributed by atoms with van der Waals surface area (Å²) in [6, 6.07) is 0.872. The summed E-state index contributed by atoms with van der Waals surface area (Å²) in [5.74, 6) is -0.812. The number of aliphatic carboxylic acids is 1. The molecular formula is C14H23N3O3. The second-order valence-corrected chi connectivity index (χ2v) is 6.70. The van der Waals surface area contributed by atoms with E-state index in [9.17, 15) is 14.7 Å². The monoisotopic (exact) mass is 281 g/mol. The molecule has 2 N–H and O–H groups in total. The number of likely N-dealkylation sites (tertiary alicyclic amines) is 2. The Morgan fingerprint density at radius 1 is 1.25 bits per heavy atom. The molecule has 2 saturated heterocycles. The Morgan fingerprint density at radius 2 is 2.00 bits per heavy atom. The highest BCUT2D eigenvalue weighted by Gasteiger charge is 2.43. The van der Waals surface area contributed by atoms with Gasteiger partial charge < -0.3 is 15.3 Å². The summed E-state index contributed by atoms with van der Waals surface area (Å²) in [6.07, 6.45) is 4.13. The Hall–Kier alpha value is -1.30. The van der Waals surface area contributed by atoms with E-state index in [0.29, 0.717) is 19.5 Å². The first-order valence-corrected chi connectivity index (χ1v) is 7.51. The van der Waals surface area contributed by atoms with E-state index in [1.165, 1.54) is 12.8 Å². The molecule has 2 atom stereocenters. The average Bonchev–Trinajstić information content (AvgIpc) is 3.01. The third kappa shape index (κ3) is 2.61. The van der Waals surface area contributed by atoms with Gasteiger partial charge in [-0.1, -0.05) is 0 Å². The summed E-state index contributed by atoms with van der Waals surface area (Å²) in [6.45, 7) is 4.58. The average molecular weight is 281 g/mol. The topological polar surface area (TPSA) is 72.9 Å². The number of carboxylic acid groups (broad SMARTS) is 1. The number of hydrogen-bond donors (Lipinski definition) is 2. The van der Waals surface area contributed by atoms with E-state index in [1.54, 1.807) is 11.8 Å². The smallest absolute Gasteiger partial charge is 0.317 e. The number of hydrogen-bond acceptors (Lipinski definition) is 3. The second kappa shape index (κ2) is 4.91. The molecule has 3 rings (SSSR count). The van der Waals surface area contributed by atoms with Crippen molar-refractivity contribution in [1.82, 2.24) is 15.1 Å². The van der Waals surface area contributed by atoms with Crippen LogP contribution >= 0.6 is 0 Å². The predicted molar refractivity (Wildman–Crippen MR) is 73.5 cm³/mol. The molecule has 1 saturated carbocycles. The number of nitrogens with one attached hydrogen (secondary N) is 1. The van der Waals surface area contributed by atoms with E-state index in [-0.39, 0.29) is 12.1 Å². The van der Waals surface area contributed by atoms with Gasteiger partial charge in [0.05, 0.1) is 5.41 Å². The molecular weight excluding hydrogens is 258 g/mol. The normalized spacial score (nSPS) is 34.5. The molecule has 0 aromatic heterocycles. The minimum absolute atomic E-state index is 0.0994. The van der Waals surface area contributed by atoms with Crippen molar-refractivity contribution in [1.29, 1.82) is 0 Å². The molecule has 6 heteroatoms. The summed E-state index contributed by atoms with van der Waals surface area (Å²) < 4.78 is 0. The molecule has 0 bridgehead atoms. The van der Waals surface area contributed by atoms with E-state index in [1.807, 2.05) is 0 Å². The number of carboxylic acids is 1. The molecule has 0 radical (unpaired) electrons. The highest BCUT2D eigenvalue weighted by Crippen LogP contribution is 2.31. The summed E-state index contributed by atoms with van der Waals surface area (Å²) in [5.41, 5.74) is -0.785. The molecule has 0 aromatic rings. The number of carbonyl (C=O) groups excluding carboxylic acids is 1. The van der Waals surface area contributed by atoms with E-state index in [0.717, 1.165) is 25.6 Å². The van der Waals surface area contributed by atoms with Crippen LogP contribution in [-0.4, -0.2) is 65.2 Å². The van der Waals surface area contributed by atoms with Crippen LogP contribution in [0.15, 0.2) is 0 Å². The van der Waals surface area contributed by atoms with Gasteiger partial charge in [0, 0.05) is 38.3 Å². The molecule has 2 aliphatic heterocycles. The molecule has 0 aromatic carbocycles. The zero-order chi connectivity index (χ0) is 14.3. The lowest BCUT2D eigenvalue weighted by Gasteiger charge is -2.23. The number of nitrogens with zero attached hydrogens (tertiary/aromatic N) is 2. The molecule has 1 aliphatic carbocycles. The standard InChI is InChI=1S/C14H23N3O3/c1-14(12(18)19)5-7-17(9-14)13(20)15-10-4-6-16(8-10)11-2-3-11/h10-11H,2-9H2,1H3,(H,15,20)(H,18,19). The van der Waals surface area contributed by atoms with Crippen LogP contribution in [0.4, 0.5) is 4.79 Å². The van der Waals surface area contributed by atoms with Crippen LogP contribution in [0, 0.1) is 5.41 Å². The van der Waals surface area contributed by atoms with Crippen LogP contribution < -0.4 is 5.32 Å². The van der Waals surface area contributed by atoms with Crippen LogP contribution in [0.25, 0.3) is 0 Å². The van der Waals surface area contributed by atoms with Gasteiger partial charge in [0.15, 0.2) is 0 Å². The van der Waals surface area contributed by atoms with Gasteiger partial charge in [-0.25, -0.2) is 4.79 Å². The lowest BCUT2D eigenvalue weighted by Crippen LogP contribution is -2.46.